The lowest BCUT2D eigenvalue weighted by molar-refractivity contribution is -0.132. The maximum Gasteiger partial charge on any atom is 0.223 e. The SMILES string of the molecule is COc1cccc(C2CCCN2C(=O)CCCC(C)N)c1. The summed E-state index contributed by atoms with van der Waals surface area (Å²) in [7, 11) is 1.67. The second kappa shape index (κ2) is 7.46. The molecule has 0 radical (unpaired) electrons. The van der Waals surface area contributed by atoms with E-state index in [0.29, 0.717) is 6.42 Å². The van der Waals surface area contributed by atoms with Crippen LogP contribution >= 0.6 is 0 Å². The van der Waals surface area contributed by atoms with Crippen molar-refractivity contribution in [2.24, 2.45) is 5.73 Å². The van der Waals surface area contributed by atoms with Gasteiger partial charge in [-0.1, -0.05) is 12.1 Å². The minimum absolute atomic E-state index is 0.172. The monoisotopic (exact) mass is 290 g/mol. The zero-order valence-electron chi connectivity index (χ0n) is 13.0. The Morgan fingerprint density at radius 2 is 2.33 bits per heavy atom. The van der Waals surface area contributed by atoms with Gasteiger partial charge in [0.15, 0.2) is 0 Å². The highest BCUT2D eigenvalue weighted by molar-refractivity contribution is 5.77. The van der Waals surface area contributed by atoms with Gasteiger partial charge in [-0.15, -0.1) is 0 Å². The second-order valence-corrected chi connectivity index (χ2v) is 5.89. The number of carbonyl (C=O) groups excluding carboxylic acids is 1. The van der Waals surface area contributed by atoms with E-state index in [1.165, 1.54) is 5.56 Å². The summed E-state index contributed by atoms with van der Waals surface area (Å²) >= 11 is 0. The first-order valence-electron chi connectivity index (χ1n) is 7.81. The first-order chi connectivity index (χ1) is 10.1. The van der Waals surface area contributed by atoms with Crippen molar-refractivity contribution in [3.05, 3.63) is 29.8 Å². The predicted octanol–water partition coefficient (Wildman–Crippen LogP) is 2.88. The van der Waals surface area contributed by atoms with E-state index in [1.807, 2.05) is 30.0 Å². The molecule has 1 aliphatic heterocycles. The first-order valence-corrected chi connectivity index (χ1v) is 7.81. The highest BCUT2D eigenvalue weighted by Crippen LogP contribution is 2.34. The molecular formula is C17H26N2O2. The van der Waals surface area contributed by atoms with Crippen molar-refractivity contribution < 1.29 is 9.53 Å². The zero-order chi connectivity index (χ0) is 15.2. The fourth-order valence-corrected chi connectivity index (χ4v) is 2.98. The van der Waals surface area contributed by atoms with Crippen LogP contribution in [-0.2, 0) is 4.79 Å². The Bertz CT molecular complexity index is 474. The average molecular weight is 290 g/mol. The molecule has 2 rings (SSSR count). The zero-order valence-corrected chi connectivity index (χ0v) is 13.0. The van der Waals surface area contributed by atoms with Crippen LogP contribution in [0.25, 0.3) is 0 Å². The molecule has 1 heterocycles. The van der Waals surface area contributed by atoms with Gasteiger partial charge in [-0.3, -0.25) is 4.79 Å². The molecule has 0 bridgehead atoms. The van der Waals surface area contributed by atoms with Crippen molar-refractivity contribution in [2.45, 2.75) is 51.1 Å². The lowest BCUT2D eigenvalue weighted by Gasteiger charge is -2.25. The topological polar surface area (TPSA) is 55.6 Å². The molecule has 2 N–H and O–H groups in total. The number of nitrogens with two attached hydrogens (primary N) is 1. The molecule has 1 aromatic carbocycles. The van der Waals surface area contributed by atoms with E-state index in [1.54, 1.807) is 7.11 Å². The molecule has 21 heavy (non-hydrogen) atoms. The molecule has 2 unspecified atom stereocenters. The molecule has 1 aromatic rings. The second-order valence-electron chi connectivity index (χ2n) is 5.89. The van der Waals surface area contributed by atoms with Gasteiger partial charge in [-0.2, -0.15) is 0 Å². The maximum atomic E-state index is 12.4. The molecule has 116 valence electrons. The van der Waals surface area contributed by atoms with Crippen LogP contribution in [0.2, 0.25) is 0 Å². The third kappa shape index (κ3) is 4.21. The maximum absolute atomic E-state index is 12.4. The number of hydrogen-bond donors (Lipinski definition) is 1. The predicted molar refractivity (Wildman–Crippen MR) is 84.2 cm³/mol. The number of rotatable bonds is 6. The van der Waals surface area contributed by atoms with Crippen molar-refractivity contribution in [3.63, 3.8) is 0 Å². The Hall–Kier alpha value is -1.55. The number of likely N-dealkylation sites (tertiary alicyclic amines) is 1. The third-order valence-corrected chi connectivity index (χ3v) is 4.10. The van der Waals surface area contributed by atoms with Gasteiger partial charge in [0.2, 0.25) is 5.91 Å². The van der Waals surface area contributed by atoms with Crippen LogP contribution in [0.15, 0.2) is 24.3 Å². The van der Waals surface area contributed by atoms with Crippen molar-refractivity contribution in [2.75, 3.05) is 13.7 Å². The Balaban J connectivity index is 2.00. The molecule has 1 saturated heterocycles. The number of nitrogens with zero attached hydrogens (tertiary/aromatic N) is 1. The average Bonchev–Trinajstić information content (AvgIpc) is 2.96. The first kappa shape index (κ1) is 15.8. The van der Waals surface area contributed by atoms with Crippen LogP contribution in [0.3, 0.4) is 0 Å². The van der Waals surface area contributed by atoms with E-state index in [-0.39, 0.29) is 18.0 Å². The quantitative estimate of drug-likeness (QED) is 0.876. The van der Waals surface area contributed by atoms with E-state index in [9.17, 15) is 4.79 Å². The Morgan fingerprint density at radius 1 is 1.52 bits per heavy atom. The Kier molecular flexibility index (Phi) is 5.62. The molecular weight excluding hydrogens is 264 g/mol. The number of amides is 1. The third-order valence-electron chi connectivity index (χ3n) is 4.10. The standard InChI is InChI=1S/C17H26N2O2/c1-13(18)6-3-10-17(20)19-11-5-9-16(19)14-7-4-8-15(12-14)21-2/h4,7-8,12-13,16H,3,5-6,9-11,18H2,1-2H3. The molecule has 0 spiro atoms. The van der Waals surface area contributed by atoms with Gasteiger partial charge in [-0.25, -0.2) is 0 Å². The largest absolute Gasteiger partial charge is 0.497 e. The number of methoxy groups -OCH3 is 1. The van der Waals surface area contributed by atoms with Crippen LogP contribution in [0.1, 0.15) is 50.6 Å². The van der Waals surface area contributed by atoms with Gasteiger partial charge in [-0.05, 0) is 50.3 Å². The lowest BCUT2D eigenvalue weighted by atomic mass is 10.0. The number of carbonyl (C=O) groups is 1. The van der Waals surface area contributed by atoms with Gasteiger partial charge in [0.1, 0.15) is 5.75 Å². The molecule has 1 fully saturated rings. The van der Waals surface area contributed by atoms with E-state index >= 15 is 0 Å². The summed E-state index contributed by atoms with van der Waals surface area (Å²) < 4.78 is 5.28. The minimum atomic E-state index is 0.172. The summed E-state index contributed by atoms with van der Waals surface area (Å²) in [6.45, 7) is 2.85. The highest BCUT2D eigenvalue weighted by atomic mass is 16.5. The number of ether oxygens (including phenoxy) is 1. The van der Waals surface area contributed by atoms with Crippen LogP contribution in [0.5, 0.6) is 5.75 Å². The van der Waals surface area contributed by atoms with Crippen molar-refractivity contribution >= 4 is 5.91 Å². The van der Waals surface area contributed by atoms with Crippen molar-refractivity contribution in [1.29, 1.82) is 0 Å². The van der Waals surface area contributed by atoms with Crippen LogP contribution in [0.4, 0.5) is 0 Å². The van der Waals surface area contributed by atoms with Crippen LogP contribution in [-0.4, -0.2) is 30.5 Å². The number of benzene rings is 1. The summed E-state index contributed by atoms with van der Waals surface area (Å²) in [6.07, 6.45) is 4.48. The molecule has 1 aliphatic rings. The lowest BCUT2D eigenvalue weighted by Crippen LogP contribution is -2.30. The Morgan fingerprint density at radius 3 is 3.05 bits per heavy atom. The van der Waals surface area contributed by atoms with Crippen LogP contribution < -0.4 is 10.5 Å². The van der Waals surface area contributed by atoms with Gasteiger partial charge in [0.25, 0.3) is 0 Å². The fourth-order valence-electron chi connectivity index (χ4n) is 2.98. The van der Waals surface area contributed by atoms with Crippen LogP contribution in [0, 0.1) is 0 Å². The van der Waals surface area contributed by atoms with Crippen molar-refractivity contribution in [3.8, 4) is 5.75 Å². The molecule has 4 heteroatoms. The fraction of sp³-hybridized carbons (Fsp3) is 0.588. The van der Waals surface area contributed by atoms with Gasteiger partial charge < -0.3 is 15.4 Å². The molecule has 4 nitrogen and oxygen atoms in total. The van der Waals surface area contributed by atoms with Gasteiger partial charge in [0.05, 0.1) is 13.2 Å². The molecule has 0 saturated carbocycles. The molecule has 0 aromatic heterocycles. The summed E-state index contributed by atoms with van der Waals surface area (Å²) in [6, 6.07) is 8.42. The summed E-state index contributed by atoms with van der Waals surface area (Å²) in [5, 5.41) is 0. The van der Waals surface area contributed by atoms with E-state index in [4.69, 9.17) is 10.5 Å². The highest BCUT2D eigenvalue weighted by Gasteiger charge is 2.29. The smallest absolute Gasteiger partial charge is 0.223 e. The minimum Gasteiger partial charge on any atom is -0.497 e. The van der Waals surface area contributed by atoms with E-state index in [2.05, 4.69) is 6.07 Å². The van der Waals surface area contributed by atoms with Gasteiger partial charge in [0, 0.05) is 19.0 Å². The van der Waals surface area contributed by atoms with Gasteiger partial charge >= 0.3 is 0 Å². The Labute approximate surface area is 127 Å². The normalized spacial score (nSPS) is 19.6. The molecule has 2 atom stereocenters. The van der Waals surface area contributed by atoms with E-state index < -0.39 is 0 Å². The summed E-state index contributed by atoms with van der Waals surface area (Å²) in [4.78, 5) is 14.4. The molecule has 1 amide bonds. The summed E-state index contributed by atoms with van der Waals surface area (Å²) in [5.41, 5.74) is 6.92. The van der Waals surface area contributed by atoms with E-state index in [0.717, 1.165) is 38.0 Å². The summed E-state index contributed by atoms with van der Waals surface area (Å²) in [5.74, 6) is 1.10. The number of hydrogen-bond acceptors (Lipinski definition) is 3. The molecule has 0 aliphatic carbocycles. The van der Waals surface area contributed by atoms with Crippen molar-refractivity contribution in [1.82, 2.24) is 4.90 Å².